The van der Waals surface area contributed by atoms with E-state index in [1.807, 2.05) is 0 Å². The van der Waals surface area contributed by atoms with Crippen molar-refractivity contribution in [2.24, 2.45) is 5.92 Å². The van der Waals surface area contributed by atoms with Gasteiger partial charge in [-0.1, -0.05) is 0 Å². The van der Waals surface area contributed by atoms with Gasteiger partial charge < -0.3 is 28.4 Å². The first-order valence-electron chi connectivity index (χ1n) is 10.1. The minimum absolute atomic E-state index is 0.00398. The lowest BCUT2D eigenvalue weighted by Crippen LogP contribution is -2.28. The van der Waals surface area contributed by atoms with E-state index in [1.165, 1.54) is 48.2 Å². The van der Waals surface area contributed by atoms with Gasteiger partial charge in [-0.25, -0.2) is 0 Å². The lowest BCUT2D eigenvalue weighted by atomic mass is 9.76. The van der Waals surface area contributed by atoms with Gasteiger partial charge in [-0.15, -0.1) is 0 Å². The summed E-state index contributed by atoms with van der Waals surface area (Å²) in [5, 5.41) is 0. The van der Waals surface area contributed by atoms with Crippen molar-refractivity contribution in [2.75, 3.05) is 28.1 Å². The number of hydrogen-bond acceptors (Lipinski definition) is 9. The highest BCUT2D eigenvalue weighted by Gasteiger charge is 2.37. The molecule has 2 aromatic rings. The highest BCUT2D eigenvalue weighted by molar-refractivity contribution is 6.02. The summed E-state index contributed by atoms with van der Waals surface area (Å²) < 4.78 is 32.7. The summed E-state index contributed by atoms with van der Waals surface area (Å²) in [4.78, 5) is 37.3. The van der Waals surface area contributed by atoms with E-state index in [4.69, 9.17) is 28.4 Å². The molecule has 1 aliphatic rings. The summed E-state index contributed by atoms with van der Waals surface area (Å²) in [6.07, 6.45) is 0. The van der Waals surface area contributed by atoms with E-state index in [9.17, 15) is 14.4 Å². The normalized spacial score (nSPS) is 12.8. The number of hydrogen-bond donors (Lipinski definition) is 0. The lowest BCUT2D eigenvalue weighted by Gasteiger charge is -2.27. The molecule has 9 heteroatoms. The SMILES string of the molecule is COc1cc([C@H](c2cc3c(cc2OC(C)=O)OCO3)C(C(C)=O)C(C)=O)cc(OC)c1OC. The molecule has 0 saturated heterocycles. The third kappa shape index (κ3) is 4.72. The van der Waals surface area contributed by atoms with Crippen molar-refractivity contribution in [1.82, 2.24) is 0 Å². The number of esters is 1. The number of rotatable bonds is 9. The van der Waals surface area contributed by atoms with Crippen LogP contribution in [0.2, 0.25) is 0 Å². The molecule has 1 heterocycles. The van der Waals surface area contributed by atoms with Crippen molar-refractivity contribution in [3.8, 4) is 34.5 Å². The van der Waals surface area contributed by atoms with Crippen LogP contribution in [0.4, 0.5) is 0 Å². The summed E-state index contributed by atoms with van der Waals surface area (Å²) in [6.45, 7) is 3.94. The Bertz CT molecular complexity index is 1050. The standard InChI is InChI=1S/C24H26O9/c1-12(25)22(13(2)26)23(15-7-20(28-4)24(30-6)21(8-15)29-5)16-9-18-19(32-11-31-18)10-17(16)33-14(3)27/h7-10,22-23H,11H2,1-6H3/t23-/m1/s1. The van der Waals surface area contributed by atoms with E-state index < -0.39 is 17.8 Å². The van der Waals surface area contributed by atoms with Crippen molar-refractivity contribution < 1.29 is 42.8 Å². The van der Waals surface area contributed by atoms with Crippen LogP contribution in [0.1, 0.15) is 37.8 Å². The number of carbonyl (C=O) groups is 3. The fourth-order valence-electron chi connectivity index (χ4n) is 4.01. The molecule has 176 valence electrons. The van der Waals surface area contributed by atoms with Gasteiger partial charge in [0.2, 0.25) is 12.5 Å². The molecule has 0 aromatic heterocycles. The van der Waals surface area contributed by atoms with Gasteiger partial charge in [-0.3, -0.25) is 14.4 Å². The average Bonchev–Trinajstić information content (AvgIpc) is 3.22. The Labute approximate surface area is 191 Å². The molecule has 0 spiro atoms. The Hall–Kier alpha value is -3.75. The molecular formula is C24H26O9. The van der Waals surface area contributed by atoms with Crippen LogP contribution >= 0.6 is 0 Å². The van der Waals surface area contributed by atoms with Crippen LogP contribution in [0.25, 0.3) is 0 Å². The Kier molecular flexibility index (Phi) is 7.10. The number of ether oxygens (including phenoxy) is 6. The van der Waals surface area contributed by atoms with Crippen LogP contribution in [0.3, 0.4) is 0 Å². The Balaban J connectivity index is 2.35. The first-order chi connectivity index (χ1) is 15.7. The highest BCUT2D eigenvalue weighted by atomic mass is 16.7. The molecule has 0 N–H and O–H groups in total. The molecule has 0 amide bonds. The van der Waals surface area contributed by atoms with Gasteiger partial charge >= 0.3 is 5.97 Å². The maximum atomic E-state index is 12.7. The second-order valence-electron chi connectivity index (χ2n) is 7.47. The molecule has 1 aliphatic heterocycles. The topological polar surface area (TPSA) is 107 Å². The van der Waals surface area contributed by atoms with Crippen LogP contribution in [-0.2, 0) is 14.4 Å². The second-order valence-corrected chi connectivity index (χ2v) is 7.47. The minimum atomic E-state index is -1.08. The van der Waals surface area contributed by atoms with Crippen molar-refractivity contribution in [1.29, 1.82) is 0 Å². The second kappa shape index (κ2) is 9.81. The third-order valence-electron chi connectivity index (χ3n) is 5.35. The van der Waals surface area contributed by atoms with Crippen molar-refractivity contribution >= 4 is 17.5 Å². The molecule has 0 aliphatic carbocycles. The van der Waals surface area contributed by atoms with Gasteiger partial charge in [0.15, 0.2) is 23.0 Å². The smallest absolute Gasteiger partial charge is 0.308 e. The maximum Gasteiger partial charge on any atom is 0.308 e. The maximum absolute atomic E-state index is 12.7. The van der Waals surface area contributed by atoms with Gasteiger partial charge in [0.1, 0.15) is 17.3 Å². The molecule has 0 unspecified atom stereocenters. The number of fused-ring (bicyclic) bond motifs is 1. The zero-order valence-electron chi connectivity index (χ0n) is 19.3. The molecule has 0 fully saturated rings. The van der Waals surface area contributed by atoms with E-state index in [0.29, 0.717) is 39.9 Å². The number of ketones is 2. The summed E-state index contributed by atoms with van der Waals surface area (Å²) in [6, 6.07) is 6.45. The summed E-state index contributed by atoms with van der Waals surface area (Å²) >= 11 is 0. The highest BCUT2D eigenvalue weighted by Crippen LogP contribution is 2.48. The molecule has 1 atom stereocenters. The summed E-state index contributed by atoms with van der Waals surface area (Å²) in [7, 11) is 4.41. The summed E-state index contributed by atoms with van der Waals surface area (Å²) in [5.41, 5.74) is 0.922. The Morgan fingerprint density at radius 1 is 0.788 bits per heavy atom. The van der Waals surface area contributed by atoms with Gasteiger partial charge in [0, 0.05) is 24.5 Å². The molecule has 3 rings (SSSR count). The predicted molar refractivity (Wildman–Crippen MR) is 117 cm³/mol. The van der Waals surface area contributed by atoms with Gasteiger partial charge in [0.25, 0.3) is 0 Å². The largest absolute Gasteiger partial charge is 0.493 e. The van der Waals surface area contributed by atoms with E-state index >= 15 is 0 Å². The van der Waals surface area contributed by atoms with Crippen molar-refractivity contribution in [3.63, 3.8) is 0 Å². The fraction of sp³-hybridized carbons (Fsp3) is 0.375. The number of benzene rings is 2. The Morgan fingerprint density at radius 3 is 1.79 bits per heavy atom. The van der Waals surface area contributed by atoms with Crippen LogP contribution in [0.5, 0.6) is 34.5 Å². The molecular weight excluding hydrogens is 432 g/mol. The zero-order valence-corrected chi connectivity index (χ0v) is 19.3. The average molecular weight is 458 g/mol. The predicted octanol–water partition coefficient (Wildman–Crippen LogP) is 3.29. The lowest BCUT2D eigenvalue weighted by molar-refractivity contribution is -0.132. The van der Waals surface area contributed by atoms with E-state index in [1.54, 1.807) is 18.2 Å². The summed E-state index contributed by atoms with van der Waals surface area (Å²) in [5.74, 6) is -1.21. The van der Waals surface area contributed by atoms with Gasteiger partial charge in [0.05, 0.1) is 27.2 Å². The molecule has 0 saturated carbocycles. The molecule has 0 radical (unpaired) electrons. The van der Waals surface area contributed by atoms with Crippen LogP contribution in [0.15, 0.2) is 24.3 Å². The van der Waals surface area contributed by atoms with Gasteiger partial charge in [-0.05, 0) is 37.6 Å². The first kappa shape index (κ1) is 23.9. The molecule has 2 aromatic carbocycles. The van der Waals surface area contributed by atoms with Crippen LogP contribution < -0.4 is 28.4 Å². The van der Waals surface area contributed by atoms with E-state index in [0.717, 1.165) is 0 Å². The van der Waals surface area contributed by atoms with Crippen LogP contribution in [-0.4, -0.2) is 45.7 Å². The number of carbonyl (C=O) groups excluding carboxylic acids is 3. The molecule has 0 bridgehead atoms. The Morgan fingerprint density at radius 2 is 1.33 bits per heavy atom. The third-order valence-corrected chi connectivity index (χ3v) is 5.35. The monoisotopic (exact) mass is 458 g/mol. The van der Waals surface area contributed by atoms with Crippen LogP contribution in [0, 0.1) is 5.92 Å². The quantitative estimate of drug-likeness (QED) is 0.318. The van der Waals surface area contributed by atoms with Crippen molar-refractivity contribution in [3.05, 3.63) is 35.4 Å². The molecule has 9 nitrogen and oxygen atoms in total. The van der Waals surface area contributed by atoms with Gasteiger partial charge in [-0.2, -0.15) is 0 Å². The first-order valence-corrected chi connectivity index (χ1v) is 10.1. The van der Waals surface area contributed by atoms with Crippen molar-refractivity contribution in [2.45, 2.75) is 26.7 Å². The number of methoxy groups -OCH3 is 3. The number of Topliss-reactive ketones (excluding diaryl/α,β-unsaturated/α-hetero) is 2. The van der Waals surface area contributed by atoms with E-state index in [2.05, 4.69) is 0 Å². The minimum Gasteiger partial charge on any atom is -0.493 e. The zero-order chi connectivity index (χ0) is 24.3. The fourth-order valence-corrected chi connectivity index (χ4v) is 4.01. The van der Waals surface area contributed by atoms with E-state index in [-0.39, 0.29) is 24.1 Å². The molecule has 33 heavy (non-hydrogen) atoms.